The summed E-state index contributed by atoms with van der Waals surface area (Å²) in [5, 5.41) is 3.31. The van der Waals surface area contributed by atoms with E-state index in [1.54, 1.807) is 30.3 Å². The van der Waals surface area contributed by atoms with Gasteiger partial charge in [0.05, 0.1) is 23.7 Å². The summed E-state index contributed by atoms with van der Waals surface area (Å²) < 4.78 is 33.1. The standard InChI is InChI=1S/C24H25ClN2O4S/c1-3-23(18-8-5-4-6-9-18)26-24(28)17-27(20-11-7-10-19(25)16-20)32(29,30)22-14-12-21(31-2)13-15-22/h4-16,23H,3,17H2,1-2H3,(H,26,28). The average Bonchev–Trinajstić information content (AvgIpc) is 2.81. The highest BCUT2D eigenvalue weighted by Crippen LogP contribution is 2.27. The molecule has 1 N–H and O–H groups in total. The number of anilines is 1. The number of nitrogens with one attached hydrogen (secondary N) is 1. The third-order valence-corrected chi connectivity index (χ3v) is 7.00. The van der Waals surface area contributed by atoms with Gasteiger partial charge in [-0.2, -0.15) is 0 Å². The highest BCUT2D eigenvalue weighted by Gasteiger charge is 2.28. The second-order valence-electron chi connectivity index (χ2n) is 7.11. The van der Waals surface area contributed by atoms with Crippen LogP contribution in [0.15, 0.2) is 83.8 Å². The summed E-state index contributed by atoms with van der Waals surface area (Å²) in [5.74, 6) is 0.113. The zero-order chi connectivity index (χ0) is 23.1. The number of nitrogens with zero attached hydrogens (tertiary/aromatic N) is 1. The minimum Gasteiger partial charge on any atom is -0.497 e. The lowest BCUT2D eigenvalue weighted by Crippen LogP contribution is -2.42. The van der Waals surface area contributed by atoms with E-state index in [1.807, 2.05) is 37.3 Å². The van der Waals surface area contributed by atoms with Crippen LogP contribution in [0.25, 0.3) is 0 Å². The van der Waals surface area contributed by atoms with Crippen molar-refractivity contribution in [3.8, 4) is 5.75 Å². The van der Waals surface area contributed by atoms with Crippen LogP contribution in [0.5, 0.6) is 5.75 Å². The van der Waals surface area contributed by atoms with E-state index in [1.165, 1.54) is 25.3 Å². The lowest BCUT2D eigenvalue weighted by atomic mass is 10.0. The number of hydrogen-bond acceptors (Lipinski definition) is 4. The summed E-state index contributed by atoms with van der Waals surface area (Å²) in [6.45, 7) is 1.57. The number of methoxy groups -OCH3 is 1. The molecule has 0 fully saturated rings. The highest BCUT2D eigenvalue weighted by atomic mass is 35.5. The molecule has 0 saturated heterocycles. The van der Waals surface area contributed by atoms with E-state index in [4.69, 9.17) is 16.3 Å². The third kappa shape index (κ3) is 5.60. The van der Waals surface area contributed by atoms with Crippen LogP contribution in [0.4, 0.5) is 5.69 Å². The predicted octanol–water partition coefficient (Wildman–Crippen LogP) is 4.81. The minimum absolute atomic E-state index is 0.0428. The Morgan fingerprint density at radius 2 is 1.72 bits per heavy atom. The Morgan fingerprint density at radius 3 is 2.31 bits per heavy atom. The van der Waals surface area contributed by atoms with Crippen LogP contribution in [-0.2, 0) is 14.8 Å². The molecule has 6 nitrogen and oxygen atoms in total. The number of carbonyl (C=O) groups excluding carboxylic acids is 1. The minimum atomic E-state index is -4.04. The molecular formula is C24H25ClN2O4S. The molecule has 3 aromatic carbocycles. The van der Waals surface area contributed by atoms with Crippen LogP contribution in [0.1, 0.15) is 24.9 Å². The second kappa shape index (κ2) is 10.5. The Morgan fingerprint density at radius 1 is 1.03 bits per heavy atom. The van der Waals surface area contributed by atoms with Crippen LogP contribution < -0.4 is 14.4 Å². The van der Waals surface area contributed by atoms with Gasteiger partial charge in [-0.05, 0) is 54.4 Å². The van der Waals surface area contributed by atoms with E-state index in [2.05, 4.69) is 5.32 Å². The topological polar surface area (TPSA) is 75.7 Å². The molecule has 0 spiro atoms. The molecule has 1 amide bonds. The normalized spacial score (nSPS) is 12.1. The molecule has 3 aromatic rings. The van der Waals surface area contributed by atoms with Crippen LogP contribution in [-0.4, -0.2) is 28.0 Å². The number of benzene rings is 3. The van der Waals surface area contributed by atoms with Crippen molar-refractivity contribution in [3.63, 3.8) is 0 Å². The molecule has 8 heteroatoms. The smallest absolute Gasteiger partial charge is 0.264 e. The number of halogens is 1. The van der Waals surface area contributed by atoms with Crippen LogP contribution in [0.2, 0.25) is 5.02 Å². The zero-order valence-electron chi connectivity index (χ0n) is 17.9. The Kier molecular flexibility index (Phi) is 7.77. The van der Waals surface area contributed by atoms with Crippen molar-refractivity contribution in [3.05, 3.63) is 89.4 Å². The molecule has 1 unspecified atom stereocenters. The van der Waals surface area contributed by atoms with Crippen molar-refractivity contribution in [2.45, 2.75) is 24.3 Å². The van der Waals surface area contributed by atoms with Gasteiger partial charge < -0.3 is 10.1 Å². The third-order valence-electron chi connectivity index (χ3n) is 4.98. The van der Waals surface area contributed by atoms with Gasteiger partial charge >= 0.3 is 0 Å². The van der Waals surface area contributed by atoms with Gasteiger partial charge in [-0.25, -0.2) is 8.42 Å². The summed E-state index contributed by atoms with van der Waals surface area (Å²) in [5.41, 5.74) is 1.26. The summed E-state index contributed by atoms with van der Waals surface area (Å²) in [6.07, 6.45) is 0.665. The first-order chi connectivity index (χ1) is 15.3. The SMILES string of the molecule is CCC(NC(=O)CN(c1cccc(Cl)c1)S(=O)(=O)c1ccc(OC)cc1)c1ccccc1. The fourth-order valence-corrected chi connectivity index (χ4v) is 4.90. The number of sulfonamides is 1. The van der Waals surface area contributed by atoms with Gasteiger partial charge in [0, 0.05) is 5.02 Å². The maximum absolute atomic E-state index is 13.5. The molecule has 0 aliphatic rings. The highest BCUT2D eigenvalue weighted by molar-refractivity contribution is 7.92. The van der Waals surface area contributed by atoms with E-state index < -0.39 is 22.5 Å². The van der Waals surface area contributed by atoms with Crippen molar-refractivity contribution in [2.75, 3.05) is 18.0 Å². The maximum atomic E-state index is 13.5. The van der Waals surface area contributed by atoms with Gasteiger partial charge in [0.15, 0.2) is 0 Å². The average molecular weight is 473 g/mol. The first-order valence-corrected chi connectivity index (χ1v) is 11.9. The van der Waals surface area contributed by atoms with Crippen molar-refractivity contribution < 1.29 is 17.9 Å². The maximum Gasteiger partial charge on any atom is 0.264 e. The molecule has 0 aliphatic carbocycles. The molecule has 1 atom stereocenters. The van der Waals surface area contributed by atoms with Gasteiger partial charge in [-0.1, -0.05) is 54.9 Å². The van der Waals surface area contributed by atoms with E-state index in [0.717, 1.165) is 9.87 Å². The van der Waals surface area contributed by atoms with Crippen molar-refractivity contribution in [1.82, 2.24) is 5.32 Å². The Bertz CT molecular complexity index is 1150. The summed E-state index contributed by atoms with van der Waals surface area (Å²) in [7, 11) is -2.54. The lowest BCUT2D eigenvalue weighted by molar-refractivity contribution is -0.120. The van der Waals surface area contributed by atoms with Crippen molar-refractivity contribution in [1.29, 1.82) is 0 Å². The van der Waals surface area contributed by atoms with Gasteiger partial charge in [-0.15, -0.1) is 0 Å². The molecule has 0 aromatic heterocycles. The number of hydrogen-bond donors (Lipinski definition) is 1. The van der Waals surface area contributed by atoms with E-state index in [-0.39, 0.29) is 10.9 Å². The molecular weight excluding hydrogens is 448 g/mol. The van der Waals surface area contributed by atoms with E-state index in [9.17, 15) is 13.2 Å². The van der Waals surface area contributed by atoms with Crippen LogP contribution in [0.3, 0.4) is 0 Å². The summed E-state index contributed by atoms with van der Waals surface area (Å²) in [6, 6.07) is 21.8. The first-order valence-electron chi connectivity index (χ1n) is 10.1. The molecule has 3 rings (SSSR count). The van der Waals surface area contributed by atoms with Crippen LogP contribution >= 0.6 is 11.6 Å². The number of amides is 1. The zero-order valence-corrected chi connectivity index (χ0v) is 19.4. The van der Waals surface area contributed by atoms with Gasteiger partial charge in [0.25, 0.3) is 10.0 Å². The molecule has 0 radical (unpaired) electrons. The number of ether oxygens (including phenoxy) is 1. The Hall–Kier alpha value is -3.03. The molecule has 0 heterocycles. The van der Waals surface area contributed by atoms with Crippen molar-refractivity contribution in [2.24, 2.45) is 0 Å². The molecule has 32 heavy (non-hydrogen) atoms. The molecule has 0 saturated carbocycles. The van der Waals surface area contributed by atoms with Gasteiger partial charge in [0.2, 0.25) is 5.91 Å². The fraction of sp³-hybridized carbons (Fsp3) is 0.208. The van der Waals surface area contributed by atoms with Crippen molar-refractivity contribution >= 4 is 33.2 Å². The Balaban J connectivity index is 1.91. The van der Waals surface area contributed by atoms with Gasteiger partial charge in [0.1, 0.15) is 12.3 Å². The number of rotatable bonds is 9. The second-order valence-corrected chi connectivity index (χ2v) is 9.40. The fourth-order valence-electron chi connectivity index (χ4n) is 3.30. The Labute approximate surface area is 193 Å². The monoisotopic (exact) mass is 472 g/mol. The lowest BCUT2D eigenvalue weighted by Gasteiger charge is -2.26. The van der Waals surface area contributed by atoms with E-state index in [0.29, 0.717) is 22.9 Å². The quantitative estimate of drug-likeness (QED) is 0.484. The van der Waals surface area contributed by atoms with Gasteiger partial charge in [-0.3, -0.25) is 9.10 Å². The summed E-state index contributed by atoms with van der Waals surface area (Å²) >= 11 is 6.11. The van der Waals surface area contributed by atoms with Crippen LogP contribution in [0, 0.1) is 0 Å². The molecule has 0 bridgehead atoms. The number of carbonyl (C=O) groups is 1. The summed E-state index contributed by atoms with van der Waals surface area (Å²) in [4.78, 5) is 13.0. The van der Waals surface area contributed by atoms with E-state index >= 15 is 0 Å². The molecule has 0 aliphatic heterocycles. The predicted molar refractivity (Wildman–Crippen MR) is 127 cm³/mol. The first kappa shape index (κ1) is 23.6. The largest absolute Gasteiger partial charge is 0.497 e. The molecule has 168 valence electrons.